The molecule has 31 heavy (non-hydrogen) atoms. The van der Waals surface area contributed by atoms with Crippen LogP contribution in [0.25, 0.3) is 21.7 Å². The van der Waals surface area contributed by atoms with Crippen LogP contribution in [0.5, 0.6) is 0 Å². The van der Waals surface area contributed by atoms with E-state index in [1.54, 1.807) is 12.3 Å². The quantitative estimate of drug-likeness (QED) is 0.538. The highest BCUT2D eigenvalue weighted by atomic mass is 32.1. The Morgan fingerprint density at radius 1 is 1.03 bits per heavy atom. The van der Waals surface area contributed by atoms with E-state index in [0.29, 0.717) is 39.7 Å². The van der Waals surface area contributed by atoms with Crippen LogP contribution in [0.1, 0.15) is 15.2 Å². The fourth-order valence-corrected chi connectivity index (χ4v) is 4.99. The molecule has 7 nitrogen and oxygen atoms in total. The number of amides is 1. The molecule has 1 aromatic carbocycles. The number of piperazine rings is 1. The molecule has 1 amide bonds. The first-order valence-corrected chi connectivity index (χ1v) is 11.0. The highest BCUT2D eigenvalue weighted by molar-refractivity contribution is 7.20. The minimum atomic E-state index is -0.244. The number of H-pyrrole nitrogens is 1. The van der Waals surface area contributed by atoms with E-state index in [1.807, 2.05) is 42.2 Å². The summed E-state index contributed by atoms with van der Waals surface area (Å²) < 4.78 is 0.475. The van der Waals surface area contributed by atoms with Gasteiger partial charge in [-0.2, -0.15) is 0 Å². The van der Waals surface area contributed by atoms with Gasteiger partial charge in [0.2, 0.25) is 0 Å². The summed E-state index contributed by atoms with van der Waals surface area (Å²) in [6.45, 7) is 4.71. The number of para-hydroxylation sites is 1. The van der Waals surface area contributed by atoms with Crippen LogP contribution in [0.3, 0.4) is 0 Å². The van der Waals surface area contributed by atoms with Gasteiger partial charge in [-0.25, -0.2) is 4.98 Å². The van der Waals surface area contributed by atoms with Gasteiger partial charge in [0.05, 0.1) is 10.4 Å². The molecule has 1 aliphatic heterocycles. The van der Waals surface area contributed by atoms with E-state index in [0.717, 1.165) is 18.7 Å². The molecule has 8 heteroatoms. The largest absolute Gasteiger partial charge is 0.368 e. The standard InChI is InChI=1S/C23H21N5O2S/c1-15-18-20(22(29)26-21(25-18)17-9-5-6-10-24-17)31-19(15)23(30)28-13-11-27(12-14-28)16-7-3-2-4-8-16/h2-10H,11-14H2,1H3,(H,25,26,29). The van der Waals surface area contributed by atoms with E-state index >= 15 is 0 Å². The van der Waals surface area contributed by atoms with E-state index in [4.69, 9.17) is 0 Å². The molecule has 0 radical (unpaired) electrons. The fourth-order valence-electron chi connectivity index (χ4n) is 3.88. The Labute approximate surface area is 183 Å². The molecule has 1 saturated heterocycles. The average Bonchev–Trinajstić information content (AvgIpc) is 3.17. The molecule has 5 rings (SSSR count). The number of nitrogens with zero attached hydrogens (tertiary/aromatic N) is 4. The van der Waals surface area contributed by atoms with Gasteiger partial charge in [-0.1, -0.05) is 24.3 Å². The molecule has 0 unspecified atom stereocenters. The van der Waals surface area contributed by atoms with Crippen LogP contribution >= 0.6 is 11.3 Å². The Balaban J connectivity index is 1.41. The van der Waals surface area contributed by atoms with Crippen molar-refractivity contribution in [1.29, 1.82) is 0 Å². The van der Waals surface area contributed by atoms with Gasteiger partial charge in [-0.3, -0.25) is 14.6 Å². The summed E-state index contributed by atoms with van der Waals surface area (Å²) in [7, 11) is 0. The molecule has 0 saturated carbocycles. The Bertz CT molecular complexity index is 1290. The summed E-state index contributed by atoms with van der Waals surface area (Å²) in [5.74, 6) is 0.376. The number of aromatic nitrogens is 3. The maximum absolute atomic E-state index is 13.3. The third kappa shape index (κ3) is 3.59. The second kappa shape index (κ2) is 7.96. The first kappa shape index (κ1) is 19.4. The van der Waals surface area contributed by atoms with E-state index in [2.05, 4.69) is 32.0 Å². The van der Waals surface area contributed by atoms with Crippen LogP contribution in [0, 0.1) is 6.92 Å². The molecule has 4 aromatic rings. The minimum absolute atomic E-state index is 0.0352. The number of rotatable bonds is 3. The molecular weight excluding hydrogens is 410 g/mol. The van der Waals surface area contributed by atoms with Gasteiger partial charge >= 0.3 is 0 Å². The lowest BCUT2D eigenvalue weighted by Gasteiger charge is -2.36. The van der Waals surface area contributed by atoms with Crippen molar-refractivity contribution in [3.05, 3.63) is 75.5 Å². The lowest BCUT2D eigenvalue weighted by atomic mass is 10.2. The molecule has 0 atom stereocenters. The van der Waals surface area contributed by atoms with E-state index < -0.39 is 0 Å². The normalized spacial score (nSPS) is 14.2. The summed E-state index contributed by atoms with van der Waals surface area (Å²) in [6, 6.07) is 15.7. The number of nitrogens with one attached hydrogen (secondary N) is 1. The number of carbonyl (C=O) groups is 1. The smallest absolute Gasteiger partial charge is 0.269 e. The van der Waals surface area contributed by atoms with Crippen molar-refractivity contribution in [3.8, 4) is 11.5 Å². The van der Waals surface area contributed by atoms with Crippen molar-refractivity contribution in [2.45, 2.75) is 6.92 Å². The molecule has 4 heterocycles. The average molecular weight is 432 g/mol. The monoisotopic (exact) mass is 431 g/mol. The van der Waals surface area contributed by atoms with Crippen LogP contribution in [-0.2, 0) is 0 Å². The van der Waals surface area contributed by atoms with Gasteiger partial charge in [0.15, 0.2) is 5.82 Å². The molecule has 0 bridgehead atoms. The molecule has 0 aliphatic carbocycles. The van der Waals surface area contributed by atoms with Crippen molar-refractivity contribution in [2.75, 3.05) is 31.1 Å². The Kier molecular flexibility index (Phi) is 4.99. The molecular formula is C23H21N5O2S. The Morgan fingerprint density at radius 2 is 1.77 bits per heavy atom. The van der Waals surface area contributed by atoms with Crippen LogP contribution < -0.4 is 10.5 Å². The molecule has 1 aliphatic rings. The van der Waals surface area contributed by atoms with Crippen molar-refractivity contribution in [3.63, 3.8) is 0 Å². The van der Waals surface area contributed by atoms with E-state index in [-0.39, 0.29) is 11.5 Å². The first-order chi connectivity index (χ1) is 15.1. The zero-order chi connectivity index (χ0) is 21.4. The second-order valence-electron chi connectivity index (χ2n) is 7.48. The Hall–Kier alpha value is -3.52. The number of hydrogen-bond donors (Lipinski definition) is 1. The van der Waals surface area contributed by atoms with Gasteiger partial charge in [0, 0.05) is 38.1 Å². The van der Waals surface area contributed by atoms with Gasteiger partial charge < -0.3 is 14.8 Å². The van der Waals surface area contributed by atoms with Crippen molar-refractivity contribution >= 4 is 33.1 Å². The summed E-state index contributed by atoms with van der Waals surface area (Å²) in [4.78, 5) is 42.4. The molecule has 1 N–H and O–H groups in total. The Morgan fingerprint density at radius 3 is 2.48 bits per heavy atom. The number of aryl methyl sites for hydroxylation is 1. The first-order valence-electron chi connectivity index (χ1n) is 10.2. The molecule has 0 spiro atoms. The lowest BCUT2D eigenvalue weighted by molar-refractivity contribution is 0.0751. The number of pyridine rings is 1. The number of benzene rings is 1. The number of thiophene rings is 1. The minimum Gasteiger partial charge on any atom is -0.368 e. The predicted octanol–water partition coefficient (Wildman–Crippen LogP) is 3.32. The third-order valence-electron chi connectivity index (χ3n) is 5.57. The van der Waals surface area contributed by atoms with Crippen LogP contribution in [-0.4, -0.2) is 51.9 Å². The number of fused-ring (bicyclic) bond motifs is 1. The summed E-state index contributed by atoms with van der Waals surface area (Å²) in [5.41, 5.74) is 2.84. The van der Waals surface area contributed by atoms with Gasteiger partial charge in [-0.05, 0) is 36.8 Å². The molecule has 3 aromatic heterocycles. The summed E-state index contributed by atoms with van der Waals surface area (Å²) in [5, 5.41) is 0. The lowest BCUT2D eigenvalue weighted by Crippen LogP contribution is -2.48. The molecule has 1 fully saturated rings. The van der Waals surface area contributed by atoms with Gasteiger partial charge in [0.1, 0.15) is 10.4 Å². The number of carbonyl (C=O) groups excluding carboxylic acids is 1. The van der Waals surface area contributed by atoms with E-state index in [9.17, 15) is 9.59 Å². The van der Waals surface area contributed by atoms with Gasteiger partial charge in [0.25, 0.3) is 11.5 Å². The highest BCUT2D eigenvalue weighted by Crippen LogP contribution is 2.29. The number of anilines is 1. The van der Waals surface area contributed by atoms with Crippen LogP contribution in [0.4, 0.5) is 5.69 Å². The second-order valence-corrected chi connectivity index (χ2v) is 8.50. The maximum atomic E-state index is 13.3. The fraction of sp³-hybridized carbons (Fsp3) is 0.217. The zero-order valence-electron chi connectivity index (χ0n) is 17.0. The van der Waals surface area contributed by atoms with E-state index in [1.165, 1.54) is 17.0 Å². The van der Waals surface area contributed by atoms with Crippen molar-refractivity contribution in [2.24, 2.45) is 0 Å². The van der Waals surface area contributed by atoms with Gasteiger partial charge in [-0.15, -0.1) is 11.3 Å². The number of aromatic amines is 1. The van der Waals surface area contributed by atoms with Crippen LogP contribution in [0.2, 0.25) is 0 Å². The van der Waals surface area contributed by atoms with Crippen molar-refractivity contribution < 1.29 is 4.79 Å². The number of hydrogen-bond acceptors (Lipinski definition) is 6. The zero-order valence-corrected chi connectivity index (χ0v) is 17.9. The predicted molar refractivity (Wildman–Crippen MR) is 123 cm³/mol. The van der Waals surface area contributed by atoms with Crippen molar-refractivity contribution in [1.82, 2.24) is 19.9 Å². The SMILES string of the molecule is Cc1c(C(=O)N2CCN(c3ccccc3)CC2)sc2c(=O)[nH]c(-c3ccccn3)nc12. The highest BCUT2D eigenvalue weighted by Gasteiger charge is 2.26. The maximum Gasteiger partial charge on any atom is 0.269 e. The third-order valence-corrected chi connectivity index (χ3v) is 6.83. The topological polar surface area (TPSA) is 82.2 Å². The molecule has 156 valence electrons. The summed E-state index contributed by atoms with van der Waals surface area (Å²) in [6.07, 6.45) is 1.66. The van der Waals surface area contributed by atoms with Crippen LogP contribution in [0.15, 0.2) is 59.5 Å². The summed E-state index contributed by atoms with van der Waals surface area (Å²) >= 11 is 1.22.